The number of carbonyl (C=O) groups excluding carboxylic acids is 1. The third-order valence-corrected chi connectivity index (χ3v) is 5.62. The monoisotopic (exact) mass is 402 g/mol. The van der Waals surface area contributed by atoms with E-state index in [4.69, 9.17) is 5.11 Å². The number of aliphatic hydroxyl groups excluding tert-OH is 1. The zero-order valence-electron chi connectivity index (χ0n) is 17.3. The van der Waals surface area contributed by atoms with Crippen LogP contribution in [0.4, 0.5) is 0 Å². The molecule has 1 heterocycles. The fourth-order valence-electron chi connectivity index (χ4n) is 3.99. The molecule has 1 aliphatic rings. The molecule has 0 amide bonds. The predicted molar refractivity (Wildman–Crippen MR) is 112 cm³/mol. The number of carboxylic acids is 1. The van der Waals surface area contributed by atoms with Crippen LogP contribution in [-0.2, 0) is 9.59 Å². The predicted octanol–water partition coefficient (Wildman–Crippen LogP) is 4.33. The maximum Gasteiger partial charge on any atom is 0.303 e. The summed E-state index contributed by atoms with van der Waals surface area (Å²) in [4.78, 5) is 27.4. The van der Waals surface area contributed by atoms with E-state index in [1.165, 1.54) is 0 Å². The van der Waals surface area contributed by atoms with Gasteiger partial charge in [0.2, 0.25) is 0 Å². The minimum atomic E-state index is -0.782. The summed E-state index contributed by atoms with van der Waals surface area (Å²) in [5.41, 5.74) is 0. The summed E-state index contributed by atoms with van der Waals surface area (Å²) < 4.78 is 1.99. The Morgan fingerprint density at radius 2 is 2.17 bits per heavy atom. The smallest absolute Gasteiger partial charge is 0.303 e. The first kappa shape index (κ1) is 23.1. The lowest BCUT2D eigenvalue weighted by atomic mass is 9.89. The number of nitrogens with zero attached hydrogens (tertiary/aromatic N) is 2. The number of aliphatic carboxylic acids is 1. The lowest BCUT2D eigenvalue weighted by Crippen LogP contribution is -2.18. The number of rotatable bonds is 13. The van der Waals surface area contributed by atoms with Crippen LogP contribution in [0.15, 0.2) is 43.0 Å². The van der Waals surface area contributed by atoms with E-state index in [1.54, 1.807) is 12.5 Å². The Balaban J connectivity index is 2.01. The molecule has 0 aromatic carbocycles. The maximum atomic E-state index is 12.7. The van der Waals surface area contributed by atoms with Crippen LogP contribution in [0.2, 0.25) is 0 Å². The summed E-state index contributed by atoms with van der Waals surface area (Å²) in [6, 6.07) is 0.0227. The zero-order valence-corrected chi connectivity index (χ0v) is 17.3. The molecule has 1 aromatic heterocycles. The van der Waals surface area contributed by atoms with Gasteiger partial charge < -0.3 is 14.8 Å². The van der Waals surface area contributed by atoms with E-state index < -0.39 is 12.1 Å². The van der Waals surface area contributed by atoms with E-state index >= 15 is 0 Å². The van der Waals surface area contributed by atoms with Crippen molar-refractivity contribution in [3.05, 3.63) is 43.0 Å². The number of unbranched alkanes of at least 4 members (excludes halogenated alkanes) is 3. The molecule has 0 bridgehead atoms. The van der Waals surface area contributed by atoms with Crippen molar-refractivity contribution < 1.29 is 19.8 Å². The summed E-state index contributed by atoms with van der Waals surface area (Å²) in [6.45, 7) is 2.14. The Kier molecular flexibility index (Phi) is 9.84. The molecule has 2 N–H and O–H groups in total. The first-order valence-corrected chi connectivity index (χ1v) is 10.8. The van der Waals surface area contributed by atoms with Crippen molar-refractivity contribution >= 4 is 11.8 Å². The van der Waals surface area contributed by atoms with E-state index in [0.717, 1.165) is 25.7 Å². The molecule has 0 aliphatic heterocycles. The number of carbonyl (C=O) groups is 2. The Morgan fingerprint density at radius 1 is 1.34 bits per heavy atom. The number of allylic oxidation sites excluding steroid dienone is 3. The topological polar surface area (TPSA) is 92.4 Å². The minimum Gasteiger partial charge on any atom is -0.481 e. The molecule has 0 saturated heterocycles. The number of hydrogen-bond acceptors (Lipinski definition) is 4. The molecule has 29 heavy (non-hydrogen) atoms. The number of Topliss-reactive ketones (excluding diaryl/α,β-unsaturated/α-hetero) is 1. The van der Waals surface area contributed by atoms with Crippen molar-refractivity contribution in [2.24, 2.45) is 11.8 Å². The van der Waals surface area contributed by atoms with Crippen LogP contribution >= 0.6 is 0 Å². The number of ketones is 1. The van der Waals surface area contributed by atoms with E-state index in [2.05, 4.69) is 11.9 Å². The highest BCUT2D eigenvalue weighted by Gasteiger charge is 2.41. The summed E-state index contributed by atoms with van der Waals surface area (Å²) >= 11 is 0. The Labute approximate surface area is 173 Å². The molecular weight excluding hydrogens is 368 g/mol. The second-order valence-corrected chi connectivity index (χ2v) is 7.87. The molecule has 0 radical (unpaired) electrons. The Bertz CT molecular complexity index is 681. The van der Waals surface area contributed by atoms with Crippen molar-refractivity contribution in [1.29, 1.82) is 0 Å². The quantitative estimate of drug-likeness (QED) is 0.378. The highest BCUT2D eigenvalue weighted by molar-refractivity contribution is 5.84. The van der Waals surface area contributed by atoms with Crippen LogP contribution in [0.25, 0.3) is 0 Å². The average Bonchev–Trinajstić information content (AvgIpc) is 3.31. The van der Waals surface area contributed by atoms with Gasteiger partial charge in [-0.15, -0.1) is 0 Å². The molecule has 1 aromatic rings. The van der Waals surface area contributed by atoms with Gasteiger partial charge >= 0.3 is 5.97 Å². The van der Waals surface area contributed by atoms with E-state index in [1.807, 2.05) is 35.1 Å². The van der Waals surface area contributed by atoms with Crippen LogP contribution in [0.3, 0.4) is 0 Å². The molecule has 1 aliphatic carbocycles. The molecule has 0 spiro atoms. The van der Waals surface area contributed by atoms with E-state index in [-0.39, 0.29) is 30.1 Å². The van der Waals surface area contributed by atoms with Crippen LogP contribution in [0.5, 0.6) is 0 Å². The maximum absolute atomic E-state index is 12.7. The lowest BCUT2D eigenvalue weighted by Gasteiger charge is -2.21. The van der Waals surface area contributed by atoms with Gasteiger partial charge in [-0.05, 0) is 25.7 Å². The minimum absolute atomic E-state index is 0.0150. The van der Waals surface area contributed by atoms with Crippen LogP contribution in [-0.4, -0.2) is 37.6 Å². The number of hydrogen-bond donors (Lipinski definition) is 2. The molecule has 1 fully saturated rings. The molecule has 4 atom stereocenters. The Hall–Kier alpha value is -2.21. The number of aliphatic hydroxyl groups is 1. The molecule has 160 valence electrons. The standard InChI is InChI=1S/C23H34N2O4/c1-2-3-6-9-18(26)12-13-19-20(10-7-4-5-8-11-23(28)29)22(27)16-21(19)25-15-14-24-17-25/h4,7,12-15,17-21,26H,2-3,5-6,8-11,16H2,1H3,(H,28,29)/b7-4-,13-12+/t18-,19+,20+,21+/m0/s1. The molecule has 6 nitrogen and oxygen atoms in total. The van der Waals surface area contributed by atoms with E-state index in [0.29, 0.717) is 25.7 Å². The van der Waals surface area contributed by atoms with Gasteiger partial charge in [0.25, 0.3) is 0 Å². The van der Waals surface area contributed by atoms with E-state index in [9.17, 15) is 14.7 Å². The van der Waals surface area contributed by atoms with Crippen LogP contribution in [0, 0.1) is 11.8 Å². The normalized spacial score (nSPS) is 23.4. The molecule has 2 rings (SSSR count). The Morgan fingerprint density at radius 3 is 2.86 bits per heavy atom. The zero-order chi connectivity index (χ0) is 21.1. The fourth-order valence-corrected chi connectivity index (χ4v) is 3.99. The van der Waals surface area contributed by atoms with Crippen molar-refractivity contribution in [1.82, 2.24) is 9.55 Å². The first-order chi connectivity index (χ1) is 14.0. The van der Waals surface area contributed by atoms with Gasteiger partial charge in [-0.3, -0.25) is 9.59 Å². The third-order valence-electron chi connectivity index (χ3n) is 5.62. The molecule has 1 saturated carbocycles. The number of aromatic nitrogens is 2. The second-order valence-electron chi connectivity index (χ2n) is 7.87. The molecular formula is C23H34N2O4. The average molecular weight is 403 g/mol. The third kappa shape index (κ3) is 7.61. The molecule has 0 unspecified atom stereocenters. The van der Waals surface area contributed by atoms with Gasteiger partial charge in [0.15, 0.2) is 0 Å². The van der Waals surface area contributed by atoms with Crippen molar-refractivity contribution in [3.63, 3.8) is 0 Å². The fraction of sp³-hybridized carbons (Fsp3) is 0.609. The number of carboxylic acid groups (broad SMARTS) is 1. The summed E-state index contributed by atoms with van der Waals surface area (Å²) in [6.07, 6.45) is 19.3. The SMILES string of the molecule is CCCCC[C@H](O)/C=C/[C@H]1[C@H](n2ccnc2)CC(=O)[C@@H]1C/C=C\CCCC(=O)O. The molecule has 6 heteroatoms. The van der Waals surface area contributed by atoms with Crippen molar-refractivity contribution in [2.45, 2.75) is 76.9 Å². The highest BCUT2D eigenvalue weighted by atomic mass is 16.4. The van der Waals surface area contributed by atoms with Crippen molar-refractivity contribution in [3.8, 4) is 0 Å². The summed E-state index contributed by atoms with van der Waals surface area (Å²) in [7, 11) is 0. The van der Waals surface area contributed by atoms with Crippen molar-refractivity contribution in [2.75, 3.05) is 0 Å². The first-order valence-electron chi connectivity index (χ1n) is 10.8. The highest BCUT2D eigenvalue weighted by Crippen LogP contribution is 2.41. The largest absolute Gasteiger partial charge is 0.481 e. The van der Waals surface area contributed by atoms with Gasteiger partial charge in [0.1, 0.15) is 5.78 Å². The second kappa shape index (κ2) is 12.4. The summed E-state index contributed by atoms with van der Waals surface area (Å²) in [5.74, 6) is -0.664. The van der Waals surface area contributed by atoms with Crippen LogP contribution in [0.1, 0.15) is 70.8 Å². The van der Waals surface area contributed by atoms with Crippen LogP contribution < -0.4 is 0 Å². The van der Waals surface area contributed by atoms with Gasteiger partial charge in [-0.25, -0.2) is 4.98 Å². The van der Waals surface area contributed by atoms with Gasteiger partial charge in [-0.1, -0.05) is 50.5 Å². The summed E-state index contributed by atoms with van der Waals surface area (Å²) in [5, 5.41) is 19.0. The van der Waals surface area contributed by atoms with Gasteiger partial charge in [0.05, 0.1) is 12.4 Å². The number of imidazole rings is 1. The van der Waals surface area contributed by atoms with Gasteiger partial charge in [-0.2, -0.15) is 0 Å². The lowest BCUT2D eigenvalue weighted by molar-refractivity contribution is -0.137. The van der Waals surface area contributed by atoms with Gasteiger partial charge in [0, 0.05) is 43.1 Å².